The summed E-state index contributed by atoms with van der Waals surface area (Å²) < 4.78 is 5.79. The maximum atomic E-state index is 5.84. The summed E-state index contributed by atoms with van der Waals surface area (Å²) in [7, 11) is 0. The highest BCUT2D eigenvalue weighted by Crippen LogP contribution is 2.21. The molecule has 0 heterocycles. The van der Waals surface area contributed by atoms with Gasteiger partial charge in [-0.3, -0.25) is 0 Å². The molecule has 0 bridgehead atoms. The first-order valence-electron chi connectivity index (χ1n) is 5.86. The van der Waals surface area contributed by atoms with Gasteiger partial charge in [-0.2, -0.15) is 0 Å². The van der Waals surface area contributed by atoms with E-state index in [1.165, 1.54) is 5.56 Å². The average Bonchev–Trinajstić information content (AvgIpc) is 2.39. The van der Waals surface area contributed by atoms with Crippen molar-refractivity contribution in [2.75, 3.05) is 0 Å². The highest BCUT2D eigenvalue weighted by Gasteiger charge is 2.03. The van der Waals surface area contributed by atoms with Crippen molar-refractivity contribution >= 4 is 11.6 Å². The highest BCUT2D eigenvalue weighted by atomic mass is 35.5. The van der Waals surface area contributed by atoms with Crippen LogP contribution in [0.25, 0.3) is 0 Å². The average molecular weight is 262 g/mol. The fourth-order valence-electron chi connectivity index (χ4n) is 1.75. The molecule has 0 unspecified atom stereocenters. The first-order valence-corrected chi connectivity index (χ1v) is 6.23. The van der Waals surface area contributed by atoms with Gasteiger partial charge in [0.15, 0.2) is 0 Å². The molecule has 2 aromatic carbocycles. The molecule has 3 heteroatoms. The molecule has 0 fully saturated rings. The molecule has 94 valence electrons. The summed E-state index contributed by atoms with van der Waals surface area (Å²) in [5.74, 6) is 0.845. The lowest BCUT2D eigenvalue weighted by molar-refractivity contribution is 0.303. The van der Waals surface area contributed by atoms with E-state index in [1.807, 2.05) is 43.3 Å². The number of halogens is 1. The molecule has 2 N–H and O–H groups in total. The molecule has 2 aromatic rings. The Morgan fingerprint density at radius 2 is 1.83 bits per heavy atom. The SMILES string of the molecule is Cc1ccc(OCc2ccc(Cl)cc2)c(CN)c1. The number of aryl methyl sites for hydroxylation is 1. The van der Waals surface area contributed by atoms with Crippen LogP contribution in [0.4, 0.5) is 0 Å². The first-order chi connectivity index (χ1) is 8.69. The Bertz CT molecular complexity index is 523. The molecule has 0 atom stereocenters. The summed E-state index contributed by atoms with van der Waals surface area (Å²) >= 11 is 5.84. The minimum absolute atomic E-state index is 0.484. The van der Waals surface area contributed by atoms with Gasteiger partial charge in [0.2, 0.25) is 0 Å². The van der Waals surface area contributed by atoms with Gasteiger partial charge in [-0.15, -0.1) is 0 Å². The smallest absolute Gasteiger partial charge is 0.124 e. The van der Waals surface area contributed by atoms with E-state index in [0.717, 1.165) is 21.9 Å². The van der Waals surface area contributed by atoms with Crippen molar-refractivity contribution in [2.24, 2.45) is 5.73 Å². The number of rotatable bonds is 4. The molecule has 0 amide bonds. The lowest BCUT2D eigenvalue weighted by Crippen LogP contribution is -2.03. The number of hydrogen-bond donors (Lipinski definition) is 1. The van der Waals surface area contributed by atoms with E-state index in [0.29, 0.717) is 13.2 Å². The predicted octanol–water partition coefficient (Wildman–Crippen LogP) is 3.69. The van der Waals surface area contributed by atoms with Gasteiger partial charge in [0.25, 0.3) is 0 Å². The fourth-order valence-corrected chi connectivity index (χ4v) is 1.88. The Labute approximate surface area is 112 Å². The molecule has 0 aliphatic rings. The van der Waals surface area contributed by atoms with Gasteiger partial charge in [0.1, 0.15) is 12.4 Å². The Morgan fingerprint density at radius 1 is 1.11 bits per heavy atom. The third kappa shape index (κ3) is 3.25. The van der Waals surface area contributed by atoms with Crippen LogP contribution in [0.15, 0.2) is 42.5 Å². The van der Waals surface area contributed by atoms with Crippen LogP contribution in [0.2, 0.25) is 5.02 Å². The molecule has 2 nitrogen and oxygen atoms in total. The van der Waals surface area contributed by atoms with E-state index in [1.54, 1.807) is 0 Å². The van der Waals surface area contributed by atoms with Crippen molar-refractivity contribution in [3.05, 3.63) is 64.2 Å². The highest BCUT2D eigenvalue weighted by molar-refractivity contribution is 6.30. The number of ether oxygens (including phenoxy) is 1. The van der Waals surface area contributed by atoms with Gasteiger partial charge >= 0.3 is 0 Å². The Balaban J connectivity index is 2.08. The molecule has 0 aromatic heterocycles. The van der Waals surface area contributed by atoms with Gasteiger partial charge in [0, 0.05) is 17.1 Å². The van der Waals surface area contributed by atoms with Crippen molar-refractivity contribution in [3.8, 4) is 5.75 Å². The Kier molecular flexibility index (Phi) is 4.24. The van der Waals surface area contributed by atoms with Crippen LogP contribution in [-0.2, 0) is 13.2 Å². The number of nitrogens with two attached hydrogens (primary N) is 1. The molecule has 0 aliphatic heterocycles. The molecular formula is C15H16ClNO. The summed E-state index contributed by atoms with van der Waals surface area (Å²) in [5.41, 5.74) is 9.02. The van der Waals surface area contributed by atoms with E-state index in [2.05, 4.69) is 6.07 Å². The van der Waals surface area contributed by atoms with Gasteiger partial charge in [-0.25, -0.2) is 0 Å². The van der Waals surface area contributed by atoms with Crippen LogP contribution >= 0.6 is 11.6 Å². The summed E-state index contributed by atoms with van der Waals surface area (Å²) in [5, 5.41) is 0.733. The van der Waals surface area contributed by atoms with Crippen LogP contribution in [0.3, 0.4) is 0 Å². The summed E-state index contributed by atoms with van der Waals surface area (Å²) in [6.45, 7) is 3.05. The van der Waals surface area contributed by atoms with E-state index >= 15 is 0 Å². The van der Waals surface area contributed by atoms with Crippen LogP contribution in [0.1, 0.15) is 16.7 Å². The minimum atomic E-state index is 0.484. The van der Waals surface area contributed by atoms with Gasteiger partial charge in [-0.1, -0.05) is 41.4 Å². The van der Waals surface area contributed by atoms with Crippen LogP contribution in [-0.4, -0.2) is 0 Å². The lowest BCUT2D eigenvalue weighted by Gasteiger charge is -2.11. The zero-order valence-corrected chi connectivity index (χ0v) is 11.1. The summed E-state index contributed by atoms with van der Waals surface area (Å²) in [6.07, 6.45) is 0. The second-order valence-electron chi connectivity index (χ2n) is 4.23. The Hall–Kier alpha value is -1.51. The van der Waals surface area contributed by atoms with Crippen LogP contribution < -0.4 is 10.5 Å². The van der Waals surface area contributed by atoms with Crippen molar-refractivity contribution in [1.29, 1.82) is 0 Å². The second kappa shape index (κ2) is 5.89. The van der Waals surface area contributed by atoms with Gasteiger partial charge in [0.05, 0.1) is 0 Å². The monoisotopic (exact) mass is 261 g/mol. The van der Waals surface area contributed by atoms with Crippen molar-refractivity contribution in [3.63, 3.8) is 0 Å². The molecule has 0 radical (unpaired) electrons. The molecule has 0 spiro atoms. The second-order valence-corrected chi connectivity index (χ2v) is 4.67. The maximum absolute atomic E-state index is 5.84. The molecule has 0 saturated carbocycles. The van der Waals surface area contributed by atoms with E-state index in [4.69, 9.17) is 22.1 Å². The van der Waals surface area contributed by atoms with Gasteiger partial charge in [-0.05, 0) is 30.7 Å². The van der Waals surface area contributed by atoms with Crippen molar-refractivity contribution < 1.29 is 4.74 Å². The topological polar surface area (TPSA) is 35.2 Å². The maximum Gasteiger partial charge on any atom is 0.124 e. The predicted molar refractivity (Wildman–Crippen MR) is 74.9 cm³/mol. The normalized spacial score (nSPS) is 10.4. The van der Waals surface area contributed by atoms with E-state index in [-0.39, 0.29) is 0 Å². The molecule has 0 saturated heterocycles. The summed E-state index contributed by atoms with van der Waals surface area (Å²) in [6, 6.07) is 13.7. The van der Waals surface area contributed by atoms with Crippen LogP contribution in [0.5, 0.6) is 5.75 Å². The minimum Gasteiger partial charge on any atom is -0.489 e. The third-order valence-electron chi connectivity index (χ3n) is 2.74. The molecular weight excluding hydrogens is 246 g/mol. The summed E-state index contributed by atoms with van der Waals surface area (Å²) in [4.78, 5) is 0. The van der Waals surface area contributed by atoms with Crippen molar-refractivity contribution in [1.82, 2.24) is 0 Å². The van der Waals surface area contributed by atoms with E-state index < -0.39 is 0 Å². The quantitative estimate of drug-likeness (QED) is 0.911. The largest absolute Gasteiger partial charge is 0.489 e. The lowest BCUT2D eigenvalue weighted by atomic mass is 10.1. The zero-order chi connectivity index (χ0) is 13.0. The third-order valence-corrected chi connectivity index (χ3v) is 3.00. The zero-order valence-electron chi connectivity index (χ0n) is 10.3. The first kappa shape index (κ1) is 12.9. The van der Waals surface area contributed by atoms with Crippen LogP contribution in [0, 0.1) is 6.92 Å². The standard InChI is InChI=1S/C15H16ClNO/c1-11-2-7-15(13(8-11)9-17)18-10-12-3-5-14(16)6-4-12/h2-8H,9-10,17H2,1H3. The molecule has 0 aliphatic carbocycles. The van der Waals surface area contributed by atoms with Crippen molar-refractivity contribution in [2.45, 2.75) is 20.1 Å². The number of hydrogen-bond acceptors (Lipinski definition) is 2. The fraction of sp³-hybridized carbons (Fsp3) is 0.200. The molecule has 2 rings (SSSR count). The Morgan fingerprint density at radius 3 is 2.50 bits per heavy atom. The number of benzene rings is 2. The van der Waals surface area contributed by atoms with E-state index in [9.17, 15) is 0 Å². The molecule has 18 heavy (non-hydrogen) atoms. The van der Waals surface area contributed by atoms with Gasteiger partial charge < -0.3 is 10.5 Å².